The van der Waals surface area contributed by atoms with Crippen LogP contribution in [0, 0.1) is 6.92 Å². The van der Waals surface area contributed by atoms with Crippen molar-refractivity contribution in [3.05, 3.63) is 35.4 Å². The molecule has 1 saturated carbocycles. The molecule has 0 aromatic heterocycles. The van der Waals surface area contributed by atoms with Crippen molar-refractivity contribution in [2.45, 2.75) is 57.2 Å². The number of hydrogen-bond acceptors (Lipinski definition) is 2. The zero-order valence-corrected chi connectivity index (χ0v) is 13.2. The van der Waals surface area contributed by atoms with E-state index in [1.807, 2.05) is 0 Å². The summed E-state index contributed by atoms with van der Waals surface area (Å²) < 4.78 is 0. The van der Waals surface area contributed by atoms with Gasteiger partial charge in [-0.05, 0) is 25.3 Å². The Morgan fingerprint density at radius 3 is 2.45 bits per heavy atom. The lowest BCUT2D eigenvalue weighted by molar-refractivity contribution is -0.119. The zero-order chi connectivity index (χ0) is 14.2. The third kappa shape index (κ3) is 5.58. The Morgan fingerprint density at radius 2 is 1.80 bits per heavy atom. The fourth-order valence-electron chi connectivity index (χ4n) is 2.64. The predicted molar refractivity (Wildman–Crippen MR) is 87.0 cm³/mol. The van der Waals surface area contributed by atoms with Gasteiger partial charge in [-0.2, -0.15) is 0 Å². The van der Waals surface area contributed by atoms with Gasteiger partial charge in [-0.15, -0.1) is 11.8 Å². The summed E-state index contributed by atoms with van der Waals surface area (Å²) in [5, 5.41) is 3.19. The first-order chi connectivity index (χ1) is 9.74. The van der Waals surface area contributed by atoms with Crippen LogP contribution >= 0.6 is 11.8 Å². The minimum absolute atomic E-state index is 0.203. The van der Waals surface area contributed by atoms with Crippen LogP contribution in [0.4, 0.5) is 0 Å². The minimum Gasteiger partial charge on any atom is -0.353 e. The van der Waals surface area contributed by atoms with Crippen molar-refractivity contribution in [2.24, 2.45) is 0 Å². The van der Waals surface area contributed by atoms with E-state index in [1.165, 1.54) is 36.8 Å². The number of amides is 1. The van der Waals surface area contributed by atoms with Crippen LogP contribution < -0.4 is 5.32 Å². The van der Waals surface area contributed by atoms with Crippen molar-refractivity contribution in [1.82, 2.24) is 5.32 Å². The number of carbonyl (C=O) groups is 1. The van der Waals surface area contributed by atoms with Gasteiger partial charge >= 0.3 is 0 Å². The van der Waals surface area contributed by atoms with Crippen molar-refractivity contribution in [3.63, 3.8) is 0 Å². The normalized spacial score (nSPS) is 16.6. The number of aryl methyl sites for hydroxylation is 1. The summed E-state index contributed by atoms with van der Waals surface area (Å²) in [7, 11) is 0. The molecule has 0 atom stereocenters. The lowest BCUT2D eigenvalue weighted by Gasteiger charge is -2.15. The largest absolute Gasteiger partial charge is 0.353 e. The van der Waals surface area contributed by atoms with Crippen LogP contribution in [-0.4, -0.2) is 17.7 Å². The van der Waals surface area contributed by atoms with Crippen LogP contribution in [0.1, 0.15) is 49.7 Å². The summed E-state index contributed by atoms with van der Waals surface area (Å²) in [6.45, 7) is 2.09. The van der Waals surface area contributed by atoms with Crippen LogP contribution in [0.25, 0.3) is 0 Å². The summed E-state index contributed by atoms with van der Waals surface area (Å²) in [6.07, 6.45) is 7.51. The molecule has 0 saturated heterocycles. The Labute approximate surface area is 126 Å². The second-order valence-corrected chi connectivity index (χ2v) is 6.72. The van der Waals surface area contributed by atoms with E-state index in [9.17, 15) is 4.79 Å². The highest BCUT2D eigenvalue weighted by molar-refractivity contribution is 7.99. The Morgan fingerprint density at radius 1 is 1.15 bits per heavy atom. The highest BCUT2D eigenvalue weighted by Crippen LogP contribution is 2.18. The number of benzene rings is 1. The third-order valence-corrected chi connectivity index (χ3v) is 4.85. The molecule has 2 nitrogen and oxygen atoms in total. The molecule has 2 rings (SSSR count). The standard InChI is InChI=1S/C17H25NOS/c1-14-8-10-15(11-9-14)12-20-13-17(19)18-16-6-4-2-3-5-7-16/h8-11,16H,2-7,12-13H2,1H3,(H,18,19). The molecule has 0 spiro atoms. The molecule has 0 heterocycles. The molecule has 0 unspecified atom stereocenters. The molecule has 20 heavy (non-hydrogen) atoms. The van der Waals surface area contributed by atoms with Crippen LogP contribution in [0.5, 0.6) is 0 Å². The lowest BCUT2D eigenvalue weighted by Crippen LogP contribution is -2.35. The third-order valence-electron chi connectivity index (χ3n) is 3.84. The van der Waals surface area contributed by atoms with Gasteiger partial charge < -0.3 is 5.32 Å². The average Bonchev–Trinajstić information content (AvgIpc) is 2.70. The van der Waals surface area contributed by atoms with Crippen molar-refractivity contribution >= 4 is 17.7 Å². The second kappa shape index (κ2) is 8.35. The molecule has 1 aliphatic carbocycles. The van der Waals surface area contributed by atoms with Gasteiger partial charge in [0.2, 0.25) is 5.91 Å². The average molecular weight is 291 g/mol. The molecule has 1 aliphatic rings. The predicted octanol–water partition coefficient (Wildman–Crippen LogP) is 4.07. The molecule has 1 amide bonds. The number of rotatable bonds is 5. The zero-order valence-electron chi connectivity index (χ0n) is 12.4. The Balaban J connectivity index is 1.65. The van der Waals surface area contributed by atoms with Gasteiger partial charge in [0, 0.05) is 11.8 Å². The highest BCUT2D eigenvalue weighted by atomic mass is 32.2. The fourth-order valence-corrected chi connectivity index (χ4v) is 3.44. The minimum atomic E-state index is 0.203. The maximum Gasteiger partial charge on any atom is 0.230 e. The summed E-state index contributed by atoms with van der Waals surface area (Å²) in [6, 6.07) is 8.96. The Kier molecular flexibility index (Phi) is 6.44. The second-order valence-electron chi connectivity index (χ2n) is 5.73. The van der Waals surface area contributed by atoms with Gasteiger partial charge in [0.25, 0.3) is 0 Å². The molecule has 1 aromatic carbocycles. The fraction of sp³-hybridized carbons (Fsp3) is 0.588. The van der Waals surface area contributed by atoms with Crippen molar-refractivity contribution < 1.29 is 4.79 Å². The summed E-state index contributed by atoms with van der Waals surface area (Å²) >= 11 is 1.70. The molecular weight excluding hydrogens is 266 g/mol. The lowest BCUT2D eigenvalue weighted by atomic mass is 10.1. The number of nitrogens with one attached hydrogen (secondary N) is 1. The molecule has 1 fully saturated rings. The van der Waals surface area contributed by atoms with E-state index in [1.54, 1.807) is 11.8 Å². The molecule has 0 bridgehead atoms. The summed E-state index contributed by atoms with van der Waals surface area (Å²) in [4.78, 5) is 11.9. The first-order valence-electron chi connectivity index (χ1n) is 7.67. The molecule has 0 aliphatic heterocycles. The SMILES string of the molecule is Cc1ccc(CSCC(=O)NC2CCCCCC2)cc1. The van der Waals surface area contributed by atoms with E-state index < -0.39 is 0 Å². The molecule has 1 aromatic rings. The van der Waals surface area contributed by atoms with Crippen LogP contribution in [0.15, 0.2) is 24.3 Å². The van der Waals surface area contributed by atoms with Crippen molar-refractivity contribution in [1.29, 1.82) is 0 Å². The van der Waals surface area contributed by atoms with Gasteiger partial charge in [0.15, 0.2) is 0 Å². The van der Waals surface area contributed by atoms with E-state index >= 15 is 0 Å². The molecule has 0 radical (unpaired) electrons. The van der Waals surface area contributed by atoms with Crippen LogP contribution in [0.3, 0.4) is 0 Å². The summed E-state index contributed by atoms with van der Waals surface area (Å²) in [5.74, 6) is 1.69. The van der Waals surface area contributed by atoms with E-state index in [-0.39, 0.29) is 5.91 Å². The van der Waals surface area contributed by atoms with Gasteiger partial charge in [0.1, 0.15) is 0 Å². The topological polar surface area (TPSA) is 29.1 Å². The summed E-state index contributed by atoms with van der Waals surface area (Å²) in [5.41, 5.74) is 2.58. The smallest absolute Gasteiger partial charge is 0.230 e. The maximum absolute atomic E-state index is 11.9. The maximum atomic E-state index is 11.9. The molecule has 110 valence electrons. The molecular formula is C17H25NOS. The van der Waals surface area contributed by atoms with E-state index in [0.29, 0.717) is 11.8 Å². The van der Waals surface area contributed by atoms with Gasteiger partial charge in [-0.25, -0.2) is 0 Å². The number of hydrogen-bond donors (Lipinski definition) is 1. The van der Waals surface area contributed by atoms with Crippen LogP contribution in [0.2, 0.25) is 0 Å². The molecule has 3 heteroatoms. The van der Waals surface area contributed by atoms with Crippen molar-refractivity contribution in [3.8, 4) is 0 Å². The number of carbonyl (C=O) groups excluding carboxylic acids is 1. The number of thioether (sulfide) groups is 1. The van der Waals surface area contributed by atoms with Gasteiger partial charge in [-0.3, -0.25) is 4.79 Å². The van der Waals surface area contributed by atoms with E-state index in [2.05, 4.69) is 36.5 Å². The van der Waals surface area contributed by atoms with Gasteiger partial charge in [0.05, 0.1) is 5.75 Å². The quantitative estimate of drug-likeness (QED) is 0.829. The monoisotopic (exact) mass is 291 g/mol. The van der Waals surface area contributed by atoms with E-state index in [0.717, 1.165) is 18.6 Å². The van der Waals surface area contributed by atoms with Gasteiger partial charge in [-0.1, -0.05) is 55.5 Å². The van der Waals surface area contributed by atoms with Crippen molar-refractivity contribution in [2.75, 3.05) is 5.75 Å². The Hall–Kier alpha value is -0.960. The van der Waals surface area contributed by atoms with E-state index in [4.69, 9.17) is 0 Å². The molecule has 1 N–H and O–H groups in total. The Bertz CT molecular complexity index is 408. The first kappa shape index (κ1) is 15.4. The van der Waals surface area contributed by atoms with Crippen LogP contribution in [-0.2, 0) is 10.5 Å². The highest BCUT2D eigenvalue weighted by Gasteiger charge is 2.14. The first-order valence-corrected chi connectivity index (χ1v) is 8.82.